The average molecular weight is 413 g/mol. The van der Waals surface area contributed by atoms with Gasteiger partial charge in [-0.1, -0.05) is 0 Å². The largest absolute Gasteiger partial charge is 0.454 e. The Morgan fingerprint density at radius 1 is 1.03 bits per heavy atom. The van der Waals surface area contributed by atoms with Crippen LogP contribution in [-0.2, 0) is 0 Å². The number of aromatic nitrogens is 3. The fourth-order valence-corrected chi connectivity index (χ4v) is 4.09. The molecule has 4 heterocycles. The molecule has 1 aromatic carbocycles. The molecular formula is C22H22ClFN4O. The standard InChI is InChI=1S/C22H21FN4O.ClH/c1-12-7-16-10-21(28-22(16)13(2)25-12)15-8-18(23)17-11-19(26-27-20(17)9-15)14-3-5-24-6-4-14;/h7-11,14,24H,3-6H2,1-2H3;1H. The van der Waals surface area contributed by atoms with Crippen LogP contribution in [0.1, 0.15) is 35.8 Å². The maximum absolute atomic E-state index is 14.9. The van der Waals surface area contributed by atoms with Crippen LogP contribution < -0.4 is 5.32 Å². The van der Waals surface area contributed by atoms with E-state index in [9.17, 15) is 4.39 Å². The Balaban J connectivity index is 0.00000205. The van der Waals surface area contributed by atoms with Gasteiger partial charge in [-0.05, 0) is 70.1 Å². The predicted molar refractivity (Wildman–Crippen MR) is 114 cm³/mol. The number of piperidine rings is 1. The minimum atomic E-state index is -0.302. The molecule has 7 heteroatoms. The van der Waals surface area contributed by atoms with Gasteiger partial charge in [0.1, 0.15) is 11.6 Å². The topological polar surface area (TPSA) is 63.8 Å². The quantitative estimate of drug-likeness (QED) is 0.497. The van der Waals surface area contributed by atoms with Crippen molar-refractivity contribution < 1.29 is 8.81 Å². The number of fused-ring (bicyclic) bond motifs is 2. The maximum atomic E-state index is 14.9. The first-order chi connectivity index (χ1) is 13.6. The first kappa shape index (κ1) is 19.7. The Kier molecular flexibility index (Phi) is 5.23. The predicted octanol–water partition coefficient (Wildman–Crippen LogP) is 5.08. The minimum Gasteiger partial charge on any atom is -0.454 e. The molecule has 1 saturated heterocycles. The van der Waals surface area contributed by atoms with Crippen molar-refractivity contribution >= 4 is 34.3 Å². The number of nitrogens with zero attached hydrogens (tertiary/aromatic N) is 3. The summed E-state index contributed by atoms with van der Waals surface area (Å²) in [5.74, 6) is 0.644. The van der Waals surface area contributed by atoms with Crippen molar-refractivity contribution in [3.63, 3.8) is 0 Å². The number of halogens is 2. The lowest BCUT2D eigenvalue weighted by Crippen LogP contribution is -2.27. The molecule has 1 aliphatic rings. The zero-order valence-corrected chi connectivity index (χ0v) is 17.1. The molecule has 1 aliphatic heterocycles. The van der Waals surface area contributed by atoms with E-state index in [0.717, 1.165) is 54.0 Å². The molecule has 1 fully saturated rings. The van der Waals surface area contributed by atoms with Crippen molar-refractivity contribution in [1.29, 1.82) is 0 Å². The van der Waals surface area contributed by atoms with Crippen LogP contribution in [0.5, 0.6) is 0 Å². The van der Waals surface area contributed by atoms with E-state index in [-0.39, 0.29) is 18.2 Å². The maximum Gasteiger partial charge on any atom is 0.156 e. The second-order valence-electron chi connectivity index (χ2n) is 7.56. The first-order valence-corrected chi connectivity index (χ1v) is 9.64. The van der Waals surface area contributed by atoms with E-state index in [0.29, 0.717) is 28.1 Å². The van der Waals surface area contributed by atoms with Crippen LogP contribution in [0.2, 0.25) is 0 Å². The lowest BCUT2D eigenvalue weighted by atomic mass is 9.93. The van der Waals surface area contributed by atoms with Gasteiger partial charge in [0.05, 0.1) is 16.9 Å². The number of benzene rings is 1. The number of hydrogen-bond acceptors (Lipinski definition) is 5. The molecule has 0 bridgehead atoms. The number of hydrogen-bond donors (Lipinski definition) is 1. The zero-order chi connectivity index (χ0) is 19.3. The van der Waals surface area contributed by atoms with Crippen molar-refractivity contribution in [2.24, 2.45) is 0 Å². The summed E-state index contributed by atoms with van der Waals surface area (Å²) < 4.78 is 20.9. The summed E-state index contributed by atoms with van der Waals surface area (Å²) in [7, 11) is 0. The molecule has 150 valence electrons. The monoisotopic (exact) mass is 412 g/mol. The summed E-state index contributed by atoms with van der Waals surface area (Å²) in [4.78, 5) is 4.44. The van der Waals surface area contributed by atoms with Crippen molar-refractivity contribution in [2.45, 2.75) is 32.6 Å². The number of rotatable bonds is 2. The van der Waals surface area contributed by atoms with E-state index in [1.165, 1.54) is 6.07 Å². The summed E-state index contributed by atoms with van der Waals surface area (Å²) >= 11 is 0. The van der Waals surface area contributed by atoms with Gasteiger partial charge in [0.25, 0.3) is 0 Å². The highest BCUT2D eigenvalue weighted by molar-refractivity contribution is 5.88. The summed E-state index contributed by atoms with van der Waals surface area (Å²) in [5, 5.41) is 13.5. The molecule has 0 atom stereocenters. The van der Waals surface area contributed by atoms with Crippen LogP contribution in [0.4, 0.5) is 4.39 Å². The van der Waals surface area contributed by atoms with Crippen LogP contribution in [0.25, 0.3) is 33.2 Å². The SMILES string of the molecule is Cc1cc2cc(-c3cc(F)c4cc(C5CCNCC5)nnc4c3)oc2c(C)n1.Cl. The van der Waals surface area contributed by atoms with E-state index < -0.39 is 0 Å². The molecule has 0 saturated carbocycles. The third-order valence-corrected chi connectivity index (χ3v) is 5.51. The second kappa shape index (κ2) is 7.69. The molecule has 1 N–H and O–H groups in total. The third-order valence-electron chi connectivity index (χ3n) is 5.51. The average Bonchev–Trinajstić information content (AvgIpc) is 3.13. The normalized spacial score (nSPS) is 15.0. The van der Waals surface area contributed by atoms with Crippen LogP contribution in [-0.4, -0.2) is 28.3 Å². The highest BCUT2D eigenvalue weighted by Crippen LogP contribution is 2.33. The van der Waals surface area contributed by atoms with Crippen molar-refractivity contribution in [3.8, 4) is 11.3 Å². The Hall–Kier alpha value is -2.57. The Bertz CT molecular complexity index is 1200. The summed E-state index contributed by atoms with van der Waals surface area (Å²) in [6.07, 6.45) is 2.01. The Labute approximate surface area is 174 Å². The molecular weight excluding hydrogens is 391 g/mol. The highest BCUT2D eigenvalue weighted by Gasteiger charge is 2.19. The van der Waals surface area contributed by atoms with E-state index in [1.807, 2.05) is 38.1 Å². The molecule has 5 rings (SSSR count). The van der Waals surface area contributed by atoms with E-state index in [4.69, 9.17) is 4.42 Å². The van der Waals surface area contributed by atoms with E-state index >= 15 is 0 Å². The van der Waals surface area contributed by atoms with Gasteiger partial charge in [0.2, 0.25) is 0 Å². The Morgan fingerprint density at radius 3 is 2.62 bits per heavy atom. The first-order valence-electron chi connectivity index (χ1n) is 9.64. The molecule has 0 amide bonds. The van der Waals surface area contributed by atoms with Crippen LogP contribution in [0.15, 0.2) is 34.7 Å². The van der Waals surface area contributed by atoms with Crippen LogP contribution >= 0.6 is 12.4 Å². The molecule has 5 nitrogen and oxygen atoms in total. The minimum absolute atomic E-state index is 0. The number of furan rings is 1. The van der Waals surface area contributed by atoms with E-state index in [2.05, 4.69) is 20.5 Å². The van der Waals surface area contributed by atoms with Crippen LogP contribution in [0, 0.1) is 19.7 Å². The lowest BCUT2D eigenvalue weighted by molar-refractivity contribution is 0.451. The third kappa shape index (κ3) is 3.58. The van der Waals surface area contributed by atoms with Gasteiger partial charge >= 0.3 is 0 Å². The summed E-state index contributed by atoms with van der Waals surface area (Å²) in [6.45, 7) is 5.79. The van der Waals surface area contributed by atoms with Gasteiger partial charge in [-0.3, -0.25) is 4.98 Å². The number of nitrogens with one attached hydrogen (secondary N) is 1. The number of pyridine rings is 1. The van der Waals surface area contributed by atoms with Gasteiger partial charge in [0.15, 0.2) is 5.58 Å². The fraction of sp³-hybridized carbons (Fsp3) is 0.318. The fourth-order valence-electron chi connectivity index (χ4n) is 4.09. The van der Waals surface area contributed by atoms with Gasteiger partial charge in [-0.25, -0.2) is 4.39 Å². The zero-order valence-electron chi connectivity index (χ0n) is 16.3. The smallest absolute Gasteiger partial charge is 0.156 e. The molecule has 0 radical (unpaired) electrons. The molecule has 3 aromatic heterocycles. The number of aryl methyl sites for hydroxylation is 2. The van der Waals surface area contributed by atoms with Crippen molar-refractivity contribution in [1.82, 2.24) is 20.5 Å². The molecule has 0 aliphatic carbocycles. The Morgan fingerprint density at radius 2 is 1.83 bits per heavy atom. The van der Waals surface area contributed by atoms with Gasteiger partial charge < -0.3 is 9.73 Å². The van der Waals surface area contributed by atoms with Gasteiger partial charge in [-0.2, -0.15) is 10.2 Å². The molecule has 0 unspecified atom stereocenters. The van der Waals surface area contributed by atoms with Crippen molar-refractivity contribution in [2.75, 3.05) is 13.1 Å². The summed E-state index contributed by atoms with van der Waals surface area (Å²) in [6, 6.07) is 9.11. The van der Waals surface area contributed by atoms with Crippen molar-refractivity contribution in [3.05, 3.63) is 53.2 Å². The van der Waals surface area contributed by atoms with E-state index in [1.54, 1.807) is 0 Å². The lowest BCUT2D eigenvalue weighted by Gasteiger charge is -2.21. The molecule has 0 spiro atoms. The van der Waals surface area contributed by atoms with Gasteiger partial charge in [-0.15, -0.1) is 12.4 Å². The highest BCUT2D eigenvalue weighted by atomic mass is 35.5. The second-order valence-corrected chi connectivity index (χ2v) is 7.56. The van der Waals surface area contributed by atoms with Crippen LogP contribution in [0.3, 0.4) is 0 Å². The summed E-state index contributed by atoms with van der Waals surface area (Å²) in [5.41, 5.74) is 4.56. The molecule has 4 aromatic rings. The molecule has 29 heavy (non-hydrogen) atoms. The van der Waals surface area contributed by atoms with Gasteiger partial charge in [0, 0.05) is 27.9 Å².